The number of nitriles is 1. The first-order valence-electron chi connectivity index (χ1n) is 7.51. The van der Waals surface area contributed by atoms with Crippen molar-refractivity contribution in [2.24, 2.45) is 5.73 Å². The monoisotopic (exact) mass is 333 g/mol. The Labute approximate surface area is 143 Å². The lowest BCUT2D eigenvalue weighted by molar-refractivity contribution is -0.118. The van der Waals surface area contributed by atoms with Gasteiger partial charge in [-0.3, -0.25) is 9.78 Å². The average Bonchev–Trinajstić information content (AvgIpc) is 2.62. The molecule has 124 valence electrons. The molecule has 25 heavy (non-hydrogen) atoms. The van der Waals surface area contributed by atoms with Gasteiger partial charge < -0.3 is 16.4 Å². The standard InChI is InChI=1S/C17H15N7O/c1-10(16(19)25)22-15-9-21-14(7-18)17(24-15)23-12-6-11-4-2-3-5-13(11)20-8-12/h2-6,8-10H,1H3,(H2,19,25)(H2,22,23,24)/t10-/m1/s1. The van der Waals surface area contributed by atoms with Crippen LogP contribution in [0.1, 0.15) is 12.6 Å². The molecule has 0 aliphatic heterocycles. The number of nitrogens with one attached hydrogen (secondary N) is 2. The number of hydrogen-bond donors (Lipinski definition) is 3. The topological polar surface area (TPSA) is 130 Å². The SMILES string of the molecule is C[C@@H](Nc1cnc(C#N)c(Nc2cnc3ccccc3c2)n1)C(N)=O. The van der Waals surface area contributed by atoms with Gasteiger partial charge in [-0.15, -0.1) is 0 Å². The average molecular weight is 333 g/mol. The molecule has 8 heteroatoms. The van der Waals surface area contributed by atoms with Gasteiger partial charge in [-0.1, -0.05) is 18.2 Å². The van der Waals surface area contributed by atoms with Crippen LogP contribution in [0.2, 0.25) is 0 Å². The van der Waals surface area contributed by atoms with Crippen molar-refractivity contribution in [1.82, 2.24) is 15.0 Å². The molecule has 4 N–H and O–H groups in total. The highest BCUT2D eigenvalue weighted by Crippen LogP contribution is 2.21. The first-order chi connectivity index (χ1) is 12.1. The van der Waals surface area contributed by atoms with E-state index in [-0.39, 0.29) is 11.5 Å². The minimum Gasteiger partial charge on any atom is -0.368 e. The number of anilines is 3. The van der Waals surface area contributed by atoms with Crippen LogP contribution in [0.15, 0.2) is 42.7 Å². The molecular weight excluding hydrogens is 318 g/mol. The van der Waals surface area contributed by atoms with Gasteiger partial charge in [-0.2, -0.15) is 5.26 Å². The van der Waals surface area contributed by atoms with E-state index in [0.717, 1.165) is 10.9 Å². The first-order valence-corrected chi connectivity index (χ1v) is 7.51. The van der Waals surface area contributed by atoms with Crippen LogP contribution in [0.5, 0.6) is 0 Å². The molecule has 0 saturated carbocycles. The summed E-state index contributed by atoms with van der Waals surface area (Å²) in [5.74, 6) is 0.0854. The van der Waals surface area contributed by atoms with E-state index in [0.29, 0.717) is 11.5 Å². The molecule has 1 amide bonds. The number of benzene rings is 1. The number of para-hydroxylation sites is 1. The highest BCUT2D eigenvalue weighted by atomic mass is 16.1. The zero-order valence-corrected chi connectivity index (χ0v) is 13.4. The molecule has 1 aromatic carbocycles. The summed E-state index contributed by atoms with van der Waals surface area (Å²) in [6.07, 6.45) is 3.03. The van der Waals surface area contributed by atoms with Gasteiger partial charge in [0.25, 0.3) is 0 Å². The zero-order chi connectivity index (χ0) is 17.8. The van der Waals surface area contributed by atoms with Gasteiger partial charge >= 0.3 is 0 Å². The van der Waals surface area contributed by atoms with Crippen LogP contribution in [0.25, 0.3) is 10.9 Å². The summed E-state index contributed by atoms with van der Waals surface area (Å²) in [5.41, 5.74) is 6.90. The van der Waals surface area contributed by atoms with Crippen LogP contribution in [0, 0.1) is 11.3 Å². The number of rotatable bonds is 5. The molecule has 3 rings (SSSR count). The molecule has 0 aliphatic rings. The molecule has 0 fully saturated rings. The summed E-state index contributed by atoms with van der Waals surface area (Å²) >= 11 is 0. The number of carbonyl (C=O) groups excluding carboxylic acids is 1. The molecule has 0 spiro atoms. The Bertz CT molecular complexity index is 980. The molecule has 8 nitrogen and oxygen atoms in total. The molecular formula is C17H15N7O. The van der Waals surface area contributed by atoms with Crippen LogP contribution in [0.3, 0.4) is 0 Å². The highest BCUT2D eigenvalue weighted by Gasteiger charge is 2.12. The lowest BCUT2D eigenvalue weighted by Gasteiger charge is -2.13. The van der Waals surface area contributed by atoms with E-state index in [9.17, 15) is 10.1 Å². The summed E-state index contributed by atoms with van der Waals surface area (Å²) < 4.78 is 0. The third kappa shape index (κ3) is 3.61. The van der Waals surface area contributed by atoms with E-state index in [1.807, 2.05) is 36.4 Å². The molecule has 2 heterocycles. The second kappa shape index (κ2) is 6.80. The molecule has 0 radical (unpaired) electrons. The van der Waals surface area contributed by atoms with Crippen molar-refractivity contribution in [1.29, 1.82) is 5.26 Å². The van der Waals surface area contributed by atoms with Crippen molar-refractivity contribution >= 4 is 34.1 Å². The molecule has 0 saturated heterocycles. The van der Waals surface area contributed by atoms with Crippen LogP contribution in [0.4, 0.5) is 17.3 Å². The summed E-state index contributed by atoms with van der Waals surface area (Å²) in [6, 6.07) is 11.0. The molecule has 2 aromatic heterocycles. The van der Waals surface area contributed by atoms with Gasteiger partial charge in [0.05, 0.1) is 23.6 Å². The van der Waals surface area contributed by atoms with E-state index in [1.165, 1.54) is 6.20 Å². The number of hydrogen-bond acceptors (Lipinski definition) is 7. The Morgan fingerprint density at radius 1 is 1.28 bits per heavy atom. The largest absolute Gasteiger partial charge is 0.368 e. The predicted molar refractivity (Wildman–Crippen MR) is 94.1 cm³/mol. The number of amides is 1. The normalized spacial score (nSPS) is 11.5. The van der Waals surface area contributed by atoms with Crippen molar-refractivity contribution in [2.75, 3.05) is 10.6 Å². The summed E-state index contributed by atoms with van der Waals surface area (Å²) in [5, 5.41) is 16.1. The Morgan fingerprint density at radius 2 is 2.08 bits per heavy atom. The number of aromatic nitrogens is 3. The molecule has 0 unspecified atom stereocenters. The van der Waals surface area contributed by atoms with Crippen molar-refractivity contribution in [3.8, 4) is 6.07 Å². The maximum absolute atomic E-state index is 11.2. The minimum atomic E-state index is -0.613. The summed E-state index contributed by atoms with van der Waals surface area (Å²) in [6.45, 7) is 1.61. The van der Waals surface area contributed by atoms with Gasteiger partial charge in [-0.25, -0.2) is 9.97 Å². The third-order valence-corrected chi connectivity index (χ3v) is 3.52. The van der Waals surface area contributed by atoms with E-state index in [2.05, 4.69) is 25.6 Å². The fourth-order valence-corrected chi connectivity index (χ4v) is 2.20. The molecule has 3 aromatic rings. The summed E-state index contributed by atoms with van der Waals surface area (Å²) in [7, 11) is 0. The fourth-order valence-electron chi connectivity index (χ4n) is 2.20. The Balaban J connectivity index is 1.91. The first kappa shape index (κ1) is 16.1. The smallest absolute Gasteiger partial charge is 0.239 e. The number of carbonyl (C=O) groups is 1. The van der Waals surface area contributed by atoms with Crippen LogP contribution in [-0.2, 0) is 4.79 Å². The third-order valence-electron chi connectivity index (χ3n) is 3.52. The van der Waals surface area contributed by atoms with Gasteiger partial charge in [0, 0.05) is 5.39 Å². The molecule has 0 bridgehead atoms. The van der Waals surface area contributed by atoms with E-state index < -0.39 is 11.9 Å². The number of primary amides is 1. The van der Waals surface area contributed by atoms with E-state index in [4.69, 9.17) is 5.73 Å². The Kier molecular flexibility index (Phi) is 4.39. The van der Waals surface area contributed by atoms with Crippen LogP contribution < -0.4 is 16.4 Å². The predicted octanol–water partition coefficient (Wildman–Crippen LogP) is 1.93. The van der Waals surface area contributed by atoms with Gasteiger partial charge in [-0.05, 0) is 19.1 Å². The van der Waals surface area contributed by atoms with E-state index in [1.54, 1.807) is 13.1 Å². The van der Waals surface area contributed by atoms with Crippen LogP contribution >= 0.6 is 0 Å². The van der Waals surface area contributed by atoms with Gasteiger partial charge in [0.1, 0.15) is 17.9 Å². The Hall–Kier alpha value is -3.73. The van der Waals surface area contributed by atoms with Gasteiger partial charge in [0.2, 0.25) is 5.91 Å². The van der Waals surface area contributed by atoms with Crippen molar-refractivity contribution in [3.63, 3.8) is 0 Å². The lowest BCUT2D eigenvalue weighted by Crippen LogP contribution is -2.32. The van der Waals surface area contributed by atoms with E-state index >= 15 is 0 Å². The van der Waals surface area contributed by atoms with Crippen molar-refractivity contribution in [3.05, 3.63) is 48.4 Å². The number of nitrogens with two attached hydrogens (primary N) is 1. The van der Waals surface area contributed by atoms with Gasteiger partial charge in [0.15, 0.2) is 11.5 Å². The second-order valence-corrected chi connectivity index (χ2v) is 5.37. The minimum absolute atomic E-state index is 0.130. The van der Waals surface area contributed by atoms with Crippen LogP contribution in [-0.4, -0.2) is 26.9 Å². The molecule has 1 atom stereocenters. The number of pyridine rings is 1. The maximum Gasteiger partial charge on any atom is 0.239 e. The highest BCUT2D eigenvalue weighted by molar-refractivity contribution is 5.83. The molecule has 0 aliphatic carbocycles. The maximum atomic E-state index is 11.2. The summed E-state index contributed by atoms with van der Waals surface area (Å²) in [4.78, 5) is 23.9. The van der Waals surface area contributed by atoms with Crippen molar-refractivity contribution in [2.45, 2.75) is 13.0 Å². The quantitative estimate of drug-likeness (QED) is 0.650. The number of fused-ring (bicyclic) bond motifs is 1. The lowest BCUT2D eigenvalue weighted by atomic mass is 10.2. The number of nitrogens with zero attached hydrogens (tertiary/aromatic N) is 4. The Morgan fingerprint density at radius 3 is 2.84 bits per heavy atom. The second-order valence-electron chi connectivity index (χ2n) is 5.37. The zero-order valence-electron chi connectivity index (χ0n) is 13.4. The van der Waals surface area contributed by atoms with Crippen molar-refractivity contribution < 1.29 is 4.79 Å². The fraction of sp³-hybridized carbons (Fsp3) is 0.118.